The van der Waals surface area contributed by atoms with Crippen LogP contribution in [0, 0.1) is 23.7 Å². The lowest BCUT2D eigenvalue weighted by Crippen LogP contribution is -2.15. The summed E-state index contributed by atoms with van der Waals surface area (Å²) in [5.41, 5.74) is 0. The van der Waals surface area contributed by atoms with Crippen molar-refractivity contribution in [2.45, 2.75) is 19.4 Å². The highest BCUT2D eigenvalue weighted by Gasteiger charge is 2.43. The van der Waals surface area contributed by atoms with E-state index in [1.807, 2.05) is 0 Å². The molecule has 12 heavy (non-hydrogen) atoms. The topological polar surface area (TPSA) is 40.5 Å². The molecule has 5 atom stereocenters. The monoisotopic (exact) mass is 168 g/mol. The summed E-state index contributed by atoms with van der Waals surface area (Å²) in [4.78, 5) is 0. The van der Waals surface area contributed by atoms with Crippen molar-refractivity contribution in [2.75, 3.05) is 6.61 Å². The molecule has 0 heterocycles. The van der Waals surface area contributed by atoms with Gasteiger partial charge < -0.3 is 10.2 Å². The maximum atomic E-state index is 9.60. The predicted octanol–water partition coefficient (Wildman–Crippen LogP) is 0.798. The minimum absolute atomic E-state index is 0.154. The highest BCUT2D eigenvalue weighted by molar-refractivity contribution is 5.12. The van der Waals surface area contributed by atoms with E-state index in [0.29, 0.717) is 23.7 Å². The molecule has 0 radical (unpaired) electrons. The van der Waals surface area contributed by atoms with Crippen LogP contribution in [-0.4, -0.2) is 22.9 Å². The van der Waals surface area contributed by atoms with Crippen molar-refractivity contribution in [1.29, 1.82) is 0 Å². The second-order valence-corrected chi connectivity index (χ2v) is 4.13. The van der Waals surface area contributed by atoms with Crippen LogP contribution >= 0.6 is 0 Å². The molecule has 2 aliphatic rings. The van der Waals surface area contributed by atoms with E-state index in [-0.39, 0.29) is 12.7 Å². The van der Waals surface area contributed by atoms with Crippen molar-refractivity contribution in [3.8, 4) is 0 Å². The molecule has 0 amide bonds. The smallest absolute Gasteiger partial charge is 0.0574 e. The molecular weight excluding hydrogens is 152 g/mol. The van der Waals surface area contributed by atoms with Gasteiger partial charge in [0.15, 0.2) is 0 Å². The fourth-order valence-corrected chi connectivity index (χ4v) is 2.69. The zero-order valence-corrected chi connectivity index (χ0v) is 7.35. The SMILES string of the molecule is C[C@@H]1[C@@H]2C=CC(CO)[C@@H]2C[C@@H]1O. The molecule has 2 nitrogen and oxygen atoms in total. The van der Waals surface area contributed by atoms with Crippen LogP contribution in [0.25, 0.3) is 0 Å². The van der Waals surface area contributed by atoms with Gasteiger partial charge in [-0.15, -0.1) is 0 Å². The minimum atomic E-state index is -0.154. The molecule has 0 aromatic carbocycles. The van der Waals surface area contributed by atoms with Crippen LogP contribution in [-0.2, 0) is 0 Å². The Hall–Kier alpha value is -0.340. The lowest BCUT2D eigenvalue weighted by atomic mass is 9.89. The third-order valence-electron chi connectivity index (χ3n) is 3.56. The summed E-state index contributed by atoms with van der Waals surface area (Å²) in [6.07, 6.45) is 4.99. The molecule has 0 saturated heterocycles. The Morgan fingerprint density at radius 1 is 1.42 bits per heavy atom. The minimum Gasteiger partial charge on any atom is -0.396 e. The molecule has 1 saturated carbocycles. The summed E-state index contributed by atoms with van der Waals surface area (Å²) in [6, 6.07) is 0. The van der Waals surface area contributed by atoms with Gasteiger partial charge in [-0.25, -0.2) is 0 Å². The number of aliphatic hydroxyl groups excluding tert-OH is 2. The van der Waals surface area contributed by atoms with Crippen molar-refractivity contribution < 1.29 is 10.2 Å². The van der Waals surface area contributed by atoms with Crippen molar-refractivity contribution in [2.24, 2.45) is 23.7 Å². The van der Waals surface area contributed by atoms with Crippen molar-refractivity contribution in [1.82, 2.24) is 0 Å². The van der Waals surface area contributed by atoms with Crippen LogP contribution in [0.3, 0.4) is 0 Å². The second-order valence-electron chi connectivity index (χ2n) is 4.13. The van der Waals surface area contributed by atoms with Gasteiger partial charge in [-0.2, -0.15) is 0 Å². The molecule has 0 aromatic rings. The van der Waals surface area contributed by atoms with Gasteiger partial charge in [0, 0.05) is 12.5 Å². The highest BCUT2D eigenvalue weighted by Crippen LogP contribution is 2.46. The van der Waals surface area contributed by atoms with E-state index in [9.17, 15) is 5.11 Å². The van der Waals surface area contributed by atoms with Crippen LogP contribution in [0.15, 0.2) is 12.2 Å². The molecule has 0 spiro atoms. The number of hydrogen-bond donors (Lipinski definition) is 2. The van der Waals surface area contributed by atoms with Crippen LogP contribution < -0.4 is 0 Å². The maximum absolute atomic E-state index is 9.60. The van der Waals surface area contributed by atoms with Crippen LogP contribution in [0.4, 0.5) is 0 Å². The molecule has 2 N–H and O–H groups in total. The number of hydrogen-bond acceptors (Lipinski definition) is 2. The summed E-state index contributed by atoms with van der Waals surface area (Å²) in [7, 11) is 0. The fourth-order valence-electron chi connectivity index (χ4n) is 2.69. The van der Waals surface area contributed by atoms with E-state index in [4.69, 9.17) is 5.11 Å². The molecule has 2 aliphatic carbocycles. The molecule has 0 aliphatic heterocycles. The van der Waals surface area contributed by atoms with Crippen LogP contribution in [0.1, 0.15) is 13.3 Å². The Labute approximate surface area is 72.9 Å². The van der Waals surface area contributed by atoms with Crippen LogP contribution in [0.5, 0.6) is 0 Å². The average Bonchev–Trinajstić information content (AvgIpc) is 2.55. The zero-order chi connectivity index (χ0) is 8.72. The number of allylic oxidation sites excluding steroid dienone is 1. The highest BCUT2D eigenvalue weighted by atomic mass is 16.3. The van der Waals surface area contributed by atoms with Gasteiger partial charge in [-0.05, 0) is 24.2 Å². The third-order valence-corrected chi connectivity index (χ3v) is 3.56. The lowest BCUT2D eigenvalue weighted by Gasteiger charge is -2.16. The summed E-state index contributed by atoms with van der Waals surface area (Å²) in [5.74, 6) is 1.69. The largest absolute Gasteiger partial charge is 0.396 e. The quantitative estimate of drug-likeness (QED) is 0.568. The van der Waals surface area contributed by atoms with Gasteiger partial charge in [0.05, 0.1) is 6.10 Å². The first-order valence-electron chi connectivity index (χ1n) is 4.71. The van der Waals surface area contributed by atoms with E-state index >= 15 is 0 Å². The maximum Gasteiger partial charge on any atom is 0.0574 e. The first kappa shape index (κ1) is 8.27. The summed E-state index contributed by atoms with van der Waals surface area (Å²) >= 11 is 0. The summed E-state index contributed by atoms with van der Waals surface area (Å²) < 4.78 is 0. The standard InChI is InChI=1S/C10H16O2/c1-6-8-3-2-7(5-11)9(8)4-10(6)12/h2-3,6-12H,4-5H2,1H3/t6-,7?,8+,9+,10+/m1/s1. The first-order chi connectivity index (χ1) is 5.74. The molecule has 2 rings (SSSR count). The van der Waals surface area contributed by atoms with Gasteiger partial charge in [-0.1, -0.05) is 19.1 Å². The van der Waals surface area contributed by atoms with Gasteiger partial charge in [0.25, 0.3) is 0 Å². The van der Waals surface area contributed by atoms with Crippen molar-refractivity contribution in [3.05, 3.63) is 12.2 Å². The van der Waals surface area contributed by atoms with Gasteiger partial charge in [0.2, 0.25) is 0 Å². The van der Waals surface area contributed by atoms with Gasteiger partial charge >= 0.3 is 0 Å². The Balaban J connectivity index is 2.13. The van der Waals surface area contributed by atoms with E-state index in [1.165, 1.54) is 0 Å². The second kappa shape index (κ2) is 2.86. The molecule has 2 heteroatoms. The number of fused-ring (bicyclic) bond motifs is 1. The Morgan fingerprint density at radius 3 is 2.83 bits per heavy atom. The summed E-state index contributed by atoms with van der Waals surface area (Å²) in [5, 5.41) is 18.7. The van der Waals surface area contributed by atoms with Gasteiger partial charge in [-0.3, -0.25) is 0 Å². The first-order valence-corrected chi connectivity index (χ1v) is 4.71. The Bertz CT molecular complexity index is 200. The van der Waals surface area contributed by atoms with E-state index in [2.05, 4.69) is 19.1 Å². The molecule has 0 bridgehead atoms. The summed E-state index contributed by atoms with van der Waals surface area (Å²) in [6.45, 7) is 2.33. The van der Waals surface area contributed by atoms with E-state index in [0.717, 1.165) is 6.42 Å². The molecule has 68 valence electrons. The fraction of sp³-hybridized carbons (Fsp3) is 0.800. The lowest BCUT2D eigenvalue weighted by molar-refractivity contribution is 0.130. The van der Waals surface area contributed by atoms with Crippen molar-refractivity contribution >= 4 is 0 Å². The average molecular weight is 168 g/mol. The van der Waals surface area contributed by atoms with E-state index < -0.39 is 0 Å². The Morgan fingerprint density at radius 2 is 2.17 bits per heavy atom. The van der Waals surface area contributed by atoms with E-state index in [1.54, 1.807) is 0 Å². The van der Waals surface area contributed by atoms with Gasteiger partial charge in [0.1, 0.15) is 0 Å². The molecule has 1 fully saturated rings. The molecule has 1 unspecified atom stereocenters. The predicted molar refractivity (Wildman–Crippen MR) is 46.5 cm³/mol. The number of rotatable bonds is 1. The van der Waals surface area contributed by atoms with Crippen LogP contribution in [0.2, 0.25) is 0 Å². The normalized spacial score (nSPS) is 51.4. The number of aliphatic hydroxyl groups is 2. The zero-order valence-electron chi connectivity index (χ0n) is 7.35. The van der Waals surface area contributed by atoms with Crippen molar-refractivity contribution in [3.63, 3.8) is 0 Å². The Kier molecular flexibility index (Phi) is 1.97. The molecule has 0 aromatic heterocycles. The molecular formula is C10H16O2. The third kappa shape index (κ3) is 1.02.